The van der Waals surface area contributed by atoms with Crippen molar-refractivity contribution in [2.24, 2.45) is 0 Å². The van der Waals surface area contributed by atoms with Crippen LogP contribution >= 0.6 is 22.9 Å². The number of carbonyl (C=O) groups is 1. The Morgan fingerprint density at radius 1 is 1.12 bits per heavy atom. The monoisotopic (exact) mass is 353 g/mol. The van der Waals surface area contributed by atoms with Crippen molar-refractivity contribution in [1.29, 1.82) is 0 Å². The zero-order chi connectivity index (χ0) is 16.5. The minimum Gasteiger partial charge on any atom is -0.353 e. The Labute approximate surface area is 147 Å². The van der Waals surface area contributed by atoms with Crippen LogP contribution in [0.15, 0.2) is 60.0 Å². The van der Waals surface area contributed by atoms with Crippen molar-refractivity contribution in [3.05, 3.63) is 70.7 Å². The standard InChI is InChI=1S/C18H12ClN3OS/c19-12-6-2-4-8-14(12)21-17(23)16-10-24-18(22-16)15-9-11-5-1-3-7-13(11)20-15/h1-10,20H,(H,21,23). The van der Waals surface area contributed by atoms with E-state index >= 15 is 0 Å². The van der Waals surface area contributed by atoms with Gasteiger partial charge in [-0.2, -0.15) is 0 Å². The number of amides is 1. The highest BCUT2D eigenvalue weighted by Crippen LogP contribution is 2.27. The fraction of sp³-hybridized carbons (Fsp3) is 0. The molecule has 0 aliphatic heterocycles. The van der Waals surface area contributed by atoms with Crippen LogP contribution in [-0.2, 0) is 0 Å². The van der Waals surface area contributed by atoms with Crippen molar-refractivity contribution in [2.75, 3.05) is 5.32 Å². The molecule has 0 saturated carbocycles. The van der Waals surface area contributed by atoms with Gasteiger partial charge in [0.25, 0.3) is 5.91 Å². The molecule has 0 aliphatic carbocycles. The fourth-order valence-corrected chi connectivity index (χ4v) is 3.39. The van der Waals surface area contributed by atoms with E-state index in [2.05, 4.69) is 15.3 Å². The Morgan fingerprint density at radius 3 is 2.75 bits per heavy atom. The van der Waals surface area contributed by atoms with Gasteiger partial charge in [-0.1, -0.05) is 41.9 Å². The van der Waals surface area contributed by atoms with Gasteiger partial charge in [0, 0.05) is 16.3 Å². The molecule has 2 heterocycles. The molecule has 6 heteroatoms. The summed E-state index contributed by atoms with van der Waals surface area (Å²) < 4.78 is 0. The Balaban J connectivity index is 1.60. The van der Waals surface area contributed by atoms with Crippen LogP contribution in [0.5, 0.6) is 0 Å². The molecular formula is C18H12ClN3OS. The molecule has 0 bridgehead atoms. The van der Waals surface area contributed by atoms with Gasteiger partial charge in [-0.15, -0.1) is 11.3 Å². The maximum absolute atomic E-state index is 12.3. The number of anilines is 1. The van der Waals surface area contributed by atoms with Crippen molar-refractivity contribution >= 4 is 45.4 Å². The number of aromatic nitrogens is 2. The number of hydrogen-bond acceptors (Lipinski definition) is 3. The summed E-state index contributed by atoms with van der Waals surface area (Å²) in [5.41, 5.74) is 2.89. The number of fused-ring (bicyclic) bond motifs is 1. The highest BCUT2D eigenvalue weighted by molar-refractivity contribution is 7.13. The van der Waals surface area contributed by atoms with E-state index in [1.807, 2.05) is 42.5 Å². The molecule has 0 radical (unpaired) electrons. The normalized spacial score (nSPS) is 10.9. The van der Waals surface area contributed by atoms with E-state index in [4.69, 9.17) is 11.6 Å². The van der Waals surface area contributed by atoms with E-state index < -0.39 is 0 Å². The average Bonchev–Trinajstić information content (AvgIpc) is 3.23. The first-order chi connectivity index (χ1) is 11.7. The lowest BCUT2D eigenvalue weighted by Crippen LogP contribution is -2.12. The Bertz CT molecular complexity index is 1000. The van der Waals surface area contributed by atoms with Gasteiger partial charge < -0.3 is 10.3 Å². The van der Waals surface area contributed by atoms with Crippen LogP contribution in [0, 0.1) is 0 Å². The van der Waals surface area contributed by atoms with Crippen LogP contribution in [0.4, 0.5) is 5.69 Å². The van der Waals surface area contributed by atoms with Crippen LogP contribution in [0.3, 0.4) is 0 Å². The van der Waals surface area contributed by atoms with Crippen LogP contribution in [0.25, 0.3) is 21.6 Å². The fourth-order valence-electron chi connectivity index (χ4n) is 2.44. The van der Waals surface area contributed by atoms with Gasteiger partial charge in [-0.25, -0.2) is 4.98 Å². The molecule has 0 saturated heterocycles. The number of H-pyrrole nitrogens is 1. The number of nitrogens with zero attached hydrogens (tertiary/aromatic N) is 1. The molecule has 4 nitrogen and oxygen atoms in total. The smallest absolute Gasteiger partial charge is 0.275 e. The quantitative estimate of drug-likeness (QED) is 0.532. The molecule has 0 unspecified atom stereocenters. The van der Waals surface area contributed by atoms with Gasteiger partial charge >= 0.3 is 0 Å². The molecule has 0 spiro atoms. The lowest BCUT2D eigenvalue weighted by Gasteiger charge is -2.04. The van der Waals surface area contributed by atoms with Gasteiger partial charge in [0.2, 0.25) is 0 Å². The second kappa shape index (κ2) is 6.11. The predicted octanol–water partition coefficient (Wildman–Crippen LogP) is 5.20. The first-order valence-corrected chi connectivity index (χ1v) is 8.56. The van der Waals surface area contributed by atoms with Crippen LogP contribution in [0.1, 0.15) is 10.5 Å². The minimum atomic E-state index is -0.276. The molecule has 2 N–H and O–H groups in total. The summed E-state index contributed by atoms with van der Waals surface area (Å²) in [7, 11) is 0. The molecular weight excluding hydrogens is 342 g/mol. The largest absolute Gasteiger partial charge is 0.353 e. The zero-order valence-electron chi connectivity index (χ0n) is 12.4. The lowest BCUT2D eigenvalue weighted by molar-refractivity contribution is 0.102. The Hall–Kier alpha value is -2.63. The number of thiazole rings is 1. The Kier molecular flexibility index (Phi) is 3.80. The SMILES string of the molecule is O=C(Nc1ccccc1Cl)c1csc(-c2cc3ccccc3[nH]2)n1. The summed E-state index contributed by atoms with van der Waals surface area (Å²) in [6.45, 7) is 0. The van der Waals surface area contributed by atoms with Gasteiger partial charge in [0.05, 0.1) is 16.4 Å². The van der Waals surface area contributed by atoms with Crippen molar-refractivity contribution in [3.63, 3.8) is 0 Å². The van der Waals surface area contributed by atoms with E-state index in [1.165, 1.54) is 11.3 Å². The maximum Gasteiger partial charge on any atom is 0.275 e. The molecule has 24 heavy (non-hydrogen) atoms. The van der Waals surface area contributed by atoms with Crippen molar-refractivity contribution < 1.29 is 4.79 Å². The van der Waals surface area contributed by atoms with E-state index in [-0.39, 0.29) is 5.91 Å². The molecule has 0 fully saturated rings. The third kappa shape index (κ3) is 2.79. The molecule has 2 aromatic carbocycles. The van der Waals surface area contributed by atoms with Crippen LogP contribution < -0.4 is 5.32 Å². The molecule has 4 aromatic rings. The maximum atomic E-state index is 12.3. The van der Waals surface area contributed by atoms with Crippen molar-refractivity contribution in [3.8, 4) is 10.7 Å². The Morgan fingerprint density at radius 2 is 1.92 bits per heavy atom. The molecule has 1 amide bonds. The van der Waals surface area contributed by atoms with E-state index in [0.29, 0.717) is 16.4 Å². The first-order valence-electron chi connectivity index (χ1n) is 7.30. The summed E-state index contributed by atoms with van der Waals surface area (Å²) in [5.74, 6) is -0.276. The third-order valence-corrected chi connectivity index (χ3v) is 4.82. The summed E-state index contributed by atoms with van der Waals surface area (Å²) in [4.78, 5) is 20.1. The number of aromatic amines is 1. The number of halogens is 1. The third-order valence-electron chi connectivity index (χ3n) is 3.62. The summed E-state index contributed by atoms with van der Waals surface area (Å²) in [6.07, 6.45) is 0. The second-order valence-corrected chi connectivity index (χ2v) is 6.51. The van der Waals surface area contributed by atoms with E-state index in [1.54, 1.807) is 17.5 Å². The molecule has 4 rings (SSSR count). The zero-order valence-corrected chi connectivity index (χ0v) is 14.0. The summed E-state index contributed by atoms with van der Waals surface area (Å²) in [6, 6.07) is 17.2. The molecule has 2 aromatic heterocycles. The number of para-hydroxylation sites is 2. The van der Waals surface area contributed by atoms with Crippen LogP contribution in [-0.4, -0.2) is 15.9 Å². The highest BCUT2D eigenvalue weighted by Gasteiger charge is 2.14. The number of carbonyl (C=O) groups excluding carboxylic acids is 1. The minimum absolute atomic E-state index is 0.276. The number of nitrogens with one attached hydrogen (secondary N) is 2. The lowest BCUT2D eigenvalue weighted by atomic mass is 10.2. The van der Waals surface area contributed by atoms with E-state index in [0.717, 1.165) is 21.6 Å². The van der Waals surface area contributed by atoms with E-state index in [9.17, 15) is 4.79 Å². The average molecular weight is 354 g/mol. The number of hydrogen-bond donors (Lipinski definition) is 2. The van der Waals surface area contributed by atoms with Crippen molar-refractivity contribution in [2.45, 2.75) is 0 Å². The topological polar surface area (TPSA) is 57.8 Å². The van der Waals surface area contributed by atoms with Crippen LogP contribution in [0.2, 0.25) is 5.02 Å². The molecule has 0 aliphatic rings. The van der Waals surface area contributed by atoms with Crippen molar-refractivity contribution in [1.82, 2.24) is 9.97 Å². The number of benzene rings is 2. The van der Waals surface area contributed by atoms with Gasteiger partial charge in [-0.05, 0) is 24.3 Å². The summed E-state index contributed by atoms with van der Waals surface area (Å²) in [5, 5.41) is 6.91. The second-order valence-electron chi connectivity index (χ2n) is 5.24. The van der Waals surface area contributed by atoms with Gasteiger partial charge in [-0.3, -0.25) is 4.79 Å². The van der Waals surface area contributed by atoms with Gasteiger partial charge in [0.1, 0.15) is 10.7 Å². The van der Waals surface area contributed by atoms with Gasteiger partial charge in [0.15, 0.2) is 0 Å². The highest BCUT2D eigenvalue weighted by atomic mass is 35.5. The summed E-state index contributed by atoms with van der Waals surface area (Å²) >= 11 is 7.49. The predicted molar refractivity (Wildman–Crippen MR) is 98.8 cm³/mol. The number of rotatable bonds is 3. The first kappa shape index (κ1) is 14.9. The molecule has 0 atom stereocenters. The molecule has 118 valence electrons.